The summed E-state index contributed by atoms with van der Waals surface area (Å²) in [5.74, 6) is -0.681. The maximum atomic E-state index is 12.9. The standard InChI is InChI=1S/C22H23F4N3O3S/c23-17-3-5-18(6-4-17)27-20(30)14-33-15-21(31)29-11-9-28(10-12-29)13-16-1-7-19(8-2-16)32-22(24,25)26/h1-8H,9-15H2,(H,27,30). The molecule has 0 bridgehead atoms. The van der Waals surface area contributed by atoms with Crippen LogP contribution >= 0.6 is 11.8 Å². The van der Waals surface area contributed by atoms with Gasteiger partial charge in [-0.15, -0.1) is 24.9 Å². The average molecular weight is 486 g/mol. The van der Waals surface area contributed by atoms with Crippen LogP contribution in [0.25, 0.3) is 0 Å². The van der Waals surface area contributed by atoms with Gasteiger partial charge in [0.1, 0.15) is 11.6 Å². The maximum Gasteiger partial charge on any atom is 0.573 e. The van der Waals surface area contributed by atoms with E-state index in [2.05, 4.69) is 15.0 Å². The minimum atomic E-state index is -4.71. The molecule has 3 rings (SSSR count). The van der Waals surface area contributed by atoms with Crippen LogP contribution in [0.4, 0.5) is 23.2 Å². The Morgan fingerprint density at radius 3 is 2.18 bits per heavy atom. The molecule has 2 aromatic rings. The van der Waals surface area contributed by atoms with Crippen LogP contribution in [0, 0.1) is 5.82 Å². The van der Waals surface area contributed by atoms with Crippen molar-refractivity contribution < 1.29 is 31.9 Å². The van der Waals surface area contributed by atoms with E-state index in [4.69, 9.17) is 0 Å². The Hall–Kier alpha value is -2.79. The van der Waals surface area contributed by atoms with Crippen LogP contribution in [-0.4, -0.2) is 65.7 Å². The molecule has 6 nitrogen and oxygen atoms in total. The molecule has 1 heterocycles. The number of nitrogens with zero attached hydrogens (tertiary/aromatic N) is 2. The smallest absolute Gasteiger partial charge is 0.406 e. The van der Waals surface area contributed by atoms with E-state index in [1.807, 2.05) is 0 Å². The summed E-state index contributed by atoms with van der Waals surface area (Å²) in [4.78, 5) is 28.2. The first-order valence-electron chi connectivity index (χ1n) is 10.2. The molecular formula is C22H23F4N3O3S. The normalized spacial score (nSPS) is 14.7. The summed E-state index contributed by atoms with van der Waals surface area (Å²) < 4.78 is 53.5. The molecular weight excluding hydrogens is 462 g/mol. The van der Waals surface area contributed by atoms with Crippen molar-refractivity contribution in [2.45, 2.75) is 12.9 Å². The summed E-state index contributed by atoms with van der Waals surface area (Å²) in [5, 5.41) is 2.64. The number of halogens is 4. The summed E-state index contributed by atoms with van der Waals surface area (Å²) in [7, 11) is 0. The number of anilines is 1. The second kappa shape index (κ2) is 11.4. The van der Waals surface area contributed by atoms with E-state index in [0.717, 1.165) is 5.56 Å². The summed E-state index contributed by atoms with van der Waals surface area (Å²) in [6.07, 6.45) is -4.71. The van der Waals surface area contributed by atoms with Gasteiger partial charge in [-0.3, -0.25) is 14.5 Å². The van der Waals surface area contributed by atoms with Gasteiger partial charge in [-0.1, -0.05) is 12.1 Å². The first-order valence-corrected chi connectivity index (χ1v) is 11.3. The minimum absolute atomic E-state index is 0.0529. The van der Waals surface area contributed by atoms with Crippen LogP contribution in [0.15, 0.2) is 48.5 Å². The highest BCUT2D eigenvalue weighted by molar-refractivity contribution is 8.00. The number of hydrogen-bond donors (Lipinski definition) is 1. The number of carbonyl (C=O) groups excluding carboxylic acids is 2. The Morgan fingerprint density at radius 2 is 1.58 bits per heavy atom. The predicted octanol–water partition coefficient (Wildman–Crippen LogP) is 3.74. The SMILES string of the molecule is O=C(CSCC(=O)N1CCN(Cc2ccc(OC(F)(F)F)cc2)CC1)Nc1ccc(F)cc1. The average Bonchev–Trinajstić information content (AvgIpc) is 2.76. The van der Waals surface area contributed by atoms with Gasteiger partial charge in [-0.2, -0.15) is 0 Å². The summed E-state index contributed by atoms with van der Waals surface area (Å²) in [6.45, 7) is 2.92. The lowest BCUT2D eigenvalue weighted by atomic mass is 10.2. The number of alkyl halides is 3. The zero-order valence-corrected chi connectivity index (χ0v) is 18.4. The minimum Gasteiger partial charge on any atom is -0.406 e. The van der Waals surface area contributed by atoms with Crippen molar-refractivity contribution in [2.75, 3.05) is 43.0 Å². The van der Waals surface area contributed by atoms with E-state index in [0.29, 0.717) is 38.4 Å². The van der Waals surface area contributed by atoms with E-state index in [1.165, 1.54) is 48.2 Å². The molecule has 0 spiro atoms. The van der Waals surface area contributed by atoms with Crippen molar-refractivity contribution in [1.29, 1.82) is 0 Å². The highest BCUT2D eigenvalue weighted by Crippen LogP contribution is 2.23. The second-order valence-electron chi connectivity index (χ2n) is 7.40. The van der Waals surface area contributed by atoms with Crippen molar-refractivity contribution in [3.8, 4) is 5.75 Å². The van der Waals surface area contributed by atoms with Crippen molar-refractivity contribution in [2.24, 2.45) is 0 Å². The lowest BCUT2D eigenvalue weighted by Gasteiger charge is -2.34. The van der Waals surface area contributed by atoms with E-state index in [-0.39, 0.29) is 34.9 Å². The van der Waals surface area contributed by atoms with Crippen LogP contribution in [0.3, 0.4) is 0 Å². The van der Waals surface area contributed by atoms with E-state index >= 15 is 0 Å². The molecule has 11 heteroatoms. The first kappa shape index (κ1) is 24.8. The molecule has 1 saturated heterocycles. The van der Waals surface area contributed by atoms with Crippen molar-refractivity contribution in [1.82, 2.24) is 9.80 Å². The summed E-state index contributed by atoms with van der Waals surface area (Å²) in [5.41, 5.74) is 1.35. The molecule has 0 aromatic heterocycles. The molecule has 1 fully saturated rings. The van der Waals surface area contributed by atoms with Gasteiger partial charge >= 0.3 is 6.36 Å². The largest absolute Gasteiger partial charge is 0.573 e. The highest BCUT2D eigenvalue weighted by Gasteiger charge is 2.31. The quantitative estimate of drug-likeness (QED) is 0.578. The Kier molecular flexibility index (Phi) is 8.56. The molecule has 0 aliphatic carbocycles. The maximum absolute atomic E-state index is 12.9. The van der Waals surface area contributed by atoms with Crippen LogP contribution in [0.1, 0.15) is 5.56 Å². The molecule has 1 N–H and O–H groups in total. The zero-order valence-electron chi connectivity index (χ0n) is 17.6. The Morgan fingerprint density at radius 1 is 0.939 bits per heavy atom. The van der Waals surface area contributed by atoms with Crippen LogP contribution < -0.4 is 10.1 Å². The highest BCUT2D eigenvalue weighted by atomic mass is 32.2. The second-order valence-corrected chi connectivity index (χ2v) is 8.38. The fourth-order valence-corrected chi connectivity index (χ4v) is 3.98. The molecule has 178 valence electrons. The Bertz CT molecular complexity index is 931. The molecule has 0 unspecified atom stereocenters. The number of rotatable bonds is 8. The van der Waals surface area contributed by atoms with Gasteiger partial charge in [0.15, 0.2) is 0 Å². The van der Waals surface area contributed by atoms with Crippen molar-refractivity contribution >= 4 is 29.3 Å². The summed E-state index contributed by atoms with van der Waals surface area (Å²) in [6, 6.07) is 11.2. The Labute approximate surface area is 192 Å². The fourth-order valence-electron chi connectivity index (χ4n) is 3.26. The van der Waals surface area contributed by atoms with Crippen molar-refractivity contribution in [3.63, 3.8) is 0 Å². The molecule has 2 aromatic carbocycles. The van der Waals surface area contributed by atoms with Gasteiger partial charge in [0, 0.05) is 38.4 Å². The number of benzene rings is 2. The van der Waals surface area contributed by atoms with Gasteiger partial charge in [-0.25, -0.2) is 4.39 Å². The van der Waals surface area contributed by atoms with E-state index < -0.39 is 6.36 Å². The molecule has 0 radical (unpaired) electrons. The summed E-state index contributed by atoms with van der Waals surface area (Å²) >= 11 is 1.21. The number of piperazine rings is 1. The first-order chi connectivity index (χ1) is 15.7. The number of amides is 2. The third kappa shape index (κ3) is 8.58. The number of carbonyl (C=O) groups is 2. The van der Waals surface area contributed by atoms with Gasteiger partial charge in [0.25, 0.3) is 0 Å². The number of nitrogens with one attached hydrogen (secondary N) is 1. The van der Waals surface area contributed by atoms with Crippen LogP contribution in [-0.2, 0) is 16.1 Å². The number of hydrogen-bond acceptors (Lipinski definition) is 5. The van der Waals surface area contributed by atoms with Gasteiger partial charge in [0.2, 0.25) is 11.8 Å². The monoisotopic (exact) mass is 485 g/mol. The molecule has 1 aliphatic heterocycles. The van der Waals surface area contributed by atoms with Crippen LogP contribution in [0.2, 0.25) is 0 Å². The molecule has 2 amide bonds. The van der Waals surface area contributed by atoms with E-state index in [9.17, 15) is 27.2 Å². The lowest BCUT2D eigenvalue weighted by molar-refractivity contribution is -0.274. The lowest BCUT2D eigenvalue weighted by Crippen LogP contribution is -2.48. The Balaban J connectivity index is 1.34. The van der Waals surface area contributed by atoms with Gasteiger partial charge < -0.3 is 15.0 Å². The topological polar surface area (TPSA) is 61.9 Å². The molecule has 1 aliphatic rings. The zero-order chi connectivity index (χ0) is 23.8. The molecule has 0 atom stereocenters. The van der Waals surface area contributed by atoms with Gasteiger partial charge in [-0.05, 0) is 42.0 Å². The number of thioether (sulfide) groups is 1. The number of ether oxygens (including phenoxy) is 1. The predicted molar refractivity (Wildman–Crippen MR) is 117 cm³/mol. The third-order valence-corrected chi connectivity index (χ3v) is 5.79. The van der Waals surface area contributed by atoms with Crippen molar-refractivity contribution in [3.05, 3.63) is 59.9 Å². The van der Waals surface area contributed by atoms with Gasteiger partial charge in [0.05, 0.1) is 11.5 Å². The van der Waals surface area contributed by atoms with E-state index in [1.54, 1.807) is 17.0 Å². The molecule has 0 saturated carbocycles. The molecule has 33 heavy (non-hydrogen) atoms. The third-order valence-electron chi connectivity index (χ3n) is 4.87. The fraction of sp³-hybridized carbons (Fsp3) is 0.364. The van der Waals surface area contributed by atoms with Crippen LogP contribution in [0.5, 0.6) is 5.75 Å².